The Hall–Kier alpha value is -3.13. The first-order valence-electron chi connectivity index (χ1n) is 8.13. The van der Waals surface area contributed by atoms with Crippen LogP contribution in [0.25, 0.3) is 0 Å². The summed E-state index contributed by atoms with van der Waals surface area (Å²) >= 11 is 6.05. The normalized spacial score (nSPS) is 10.8. The topological polar surface area (TPSA) is 73.6 Å². The predicted molar refractivity (Wildman–Crippen MR) is 98.1 cm³/mol. The summed E-state index contributed by atoms with van der Waals surface area (Å²) in [7, 11) is 0. The third-order valence-electron chi connectivity index (χ3n) is 3.76. The Morgan fingerprint density at radius 3 is 2.57 bits per heavy atom. The monoisotopic (exact) mass is 408 g/mol. The molecule has 0 atom stereocenters. The van der Waals surface area contributed by atoms with E-state index in [1.807, 2.05) is 0 Å². The first-order chi connectivity index (χ1) is 13.5. The predicted octanol–water partition coefficient (Wildman–Crippen LogP) is 5.07. The highest BCUT2D eigenvalue weighted by molar-refractivity contribution is 6.32. The molecule has 1 amide bonds. The number of anilines is 1. The molecule has 28 heavy (non-hydrogen) atoms. The van der Waals surface area contributed by atoms with Crippen LogP contribution >= 0.6 is 11.6 Å². The minimum atomic E-state index is -3.02. The summed E-state index contributed by atoms with van der Waals surface area (Å²) in [6.45, 7) is -1.41. The molecule has 0 aliphatic rings. The fourth-order valence-electron chi connectivity index (χ4n) is 2.40. The first-order valence-corrected chi connectivity index (χ1v) is 8.51. The van der Waals surface area contributed by atoms with Gasteiger partial charge in [-0.3, -0.25) is 4.79 Å². The number of nitrogens with one attached hydrogen (secondary N) is 1. The molecule has 2 aromatic carbocycles. The summed E-state index contributed by atoms with van der Waals surface area (Å²) < 4.78 is 40.2. The number of alkyl halides is 2. The van der Waals surface area contributed by atoms with Crippen LogP contribution < -0.4 is 14.8 Å². The molecule has 0 spiro atoms. The number of aryl methyl sites for hydroxylation is 1. The lowest BCUT2D eigenvalue weighted by Crippen LogP contribution is -2.16. The van der Waals surface area contributed by atoms with Gasteiger partial charge < -0.3 is 19.3 Å². The molecular formula is C19H15ClF2N2O4. The van der Waals surface area contributed by atoms with Gasteiger partial charge in [-0.15, -0.1) is 0 Å². The second kappa shape index (κ2) is 8.71. The lowest BCUT2D eigenvalue weighted by molar-refractivity contribution is -0.0493. The molecule has 0 aliphatic carbocycles. The van der Waals surface area contributed by atoms with Gasteiger partial charge in [0.05, 0.1) is 16.3 Å². The van der Waals surface area contributed by atoms with Crippen LogP contribution in [-0.4, -0.2) is 17.7 Å². The number of aromatic nitrogens is 1. The number of amides is 1. The van der Waals surface area contributed by atoms with E-state index in [0.717, 1.165) is 0 Å². The van der Waals surface area contributed by atoms with E-state index in [1.165, 1.54) is 18.2 Å². The maximum absolute atomic E-state index is 12.6. The number of hydrogen-bond donors (Lipinski definition) is 1. The molecular weight excluding hydrogens is 394 g/mol. The van der Waals surface area contributed by atoms with E-state index in [1.54, 1.807) is 37.3 Å². The van der Waals surface area contributed by atoms with Crippen LogP contribution in [0.5, 0.6) is 11.5 Å². The van der Waals surface area contributed by atoms with Gasteiger partial charge in [0.2, 0.25) is 0 Å². The molecule has 0 fully saturated rings. The third-order valence-corrected chi connectivity index (χ3v) is 4.07. The second-order valence-electron chi connectivity index (χ2n) is 5.61. The highest BCUT2D eigenvalue weighted by atomic mass is 35.5. The van der Waals surface area contributed by atoms with Crippen molar-refractivity contribution in [2.75, 3.05) is 5.32 Å². The van der Waals surface area contributed by atoms with Crippen molar-refractivity contribution in [2.24, 2.45) is 0 Å². The van der Waals surface area contributed by atoms with E-state index in [-0.39, 0.29) is 23.7 Å². The largest absolute Gasteiger partial charge is 0.487 e. The number of halogens is 3. The molecule has 0 bridgehead atoms. The van der Waals surface area contributed by atoms with Crippen molar-refractivity contribution in [1.29, 1.82) is 0 Å². The van der Waals surface area contributed by atoms with E-state index in [2.05, 4.69) is 15.2 Å². The molecule has 0 unspecified atom stereocenters. The van der Waals surface area contributed by atoms with Gasteiger partial charge in [0.25, 0.3) is 5.91 Å². The summed E-state index contributed by atoms with van der Waals surface area (Å²) in [5.41, 5.74) is 0.451. The average Bonchev–Trinajstić information content (AvgIpc) is 3.03. The summed E-state index contributed by atoms with van der Waals surface area (Å²) in [6, 6.07) is 12.7. The van der Waals surface area contributed by atoms with Crippen LogP contribution in [0, 0.1) is 6.92 Å². The number of carbonyl (C=O) groups excluding carboxylic acids is 1. The maximum Gasteiger partial charge on any atom is 0.387 e. The van der Waals surface area contributed by atoms with Crippen LogP contribution in [0.2, 0.25) is 5.02 Å². The molecule has 0 aliphatic heterocycles. The Kier molecular flexibility index (Phi) is 6.10. The Bertz CT molecular complexity index is 978. The van der Waals surface area contributed by atoms with Gasteiger partial charge in [0, 0.05) is 0 Å². The lowest BCUT2D eigenvalue weighted by atomic mass is 10.2. The fourth-order valence-corrected chi connectivity index (χ4v) is 2.59. The molecule has 3 rings (SSSR count). The van der Waals surface area contributed by atoms with Gasteiger partial charge in [0.15, 0.2) is 5.69 Å². The molecule has 1 N–H and O–H groups in total. The van der Waals surface area contributed by atoms with Crippen molar-refractivity contribution in [1.82, 2.24) is 5.16 Å². The Morgan fingerprint density at radius 1 is 1.18 bits per heavy atom. The fraction of sp³-hybridized carbons (Fsp3) is 0.158. The van der Waals surface area contributed by atoms with Crippen molar-refractivity contribution in [2.45, 2.75) is 20.1 Å². The quantitative estimate of drug-likeness (QED) is 0.591. The van der Waals surface area contributed by atoms with Gasteiger partial charge in [-0.25, -0.2) is 0 Å². The number of rotatable bonds is 7. The zero-order valence-corrected chi connectivity index (χ0v) is 15.4. The molecule has 146 valence electrons. The SMILES string of the molecule is Cc1onc(C(=O)Nc2ccccc2OC(F)F)c1COc1ccccc1Cl. The smallest absolute Gasteiger partial charge is 0.387 e. The zero-order valence-electron chi connectivity index (χ0n) is 14.6. The zero-order chi connectivity index (χ0) is 20.1. The van der Waals surface area contributed by atoms with Crippen molar-refractivity contribution in [3.05, 3.63) is 70.6 Å². The Morgan fingerprint density at radius 2 is 1.86 bits per heavy atom. The van der Waals surface area contributed by atoms with E-state index in [9.17, 15) is 13.6 Å². The number of ether oxygens (including phenoxy) is 2. The molecule has 6 nitrogen and oxygen atoms in total. The van der Waals surface area contributed by atoms with E-state index < -0.39 is 12.5 Å². The van der Waals surface area contributed by atoms with Crippen molar-refractivity contribution >= 4 is 23.2 Å². The maximum atomic E-state index is 12.6. The number of hydrogen-bond acceptors (Lipinski definition) is 5. The number of para-hydroxylation sites is 3. The van der Waals surface area contributed by atoms with E-state index in [0.29, 0.717) is 22.1 Å². The molecule has 0 saturated carbocycles. The summed E-state index contributed by atoms with van der Waals surface area (Å²) in [6.07, 6.45) is 0. The van der Waals surface area contributed by atoms with E-state index >= 15 is 0 Å². The molecule has 0 saturated heterocycles. The van der Waals surface area contributed by atoms with Crippen LogP contribution in [0.1, 0.15) is 21.8 Å². The Balaban J connectivity index is 1.78. The van der Waals surface area contributed by atoms with Gasteiger partial charge in [-0.05, 0) is 31.2 Å². The van der Waals surface area contributed by atoms with E-state index in [4.69, 9.17) is 20.9 Å². The van der Waals surface area contributed by atoms with Crippen LogP contribution in [0.15, 0.2) is 53.1 Å². The first kappa shape index (κ1) is 19.6. The van der Waals surface area contributed by atoms with Crippen LogP contribution in [0.4, 0.5) is 14.5 Å². The summed E-state index contributed by atoms with van der Waals surface area (Å²) in [5.74, 6) is 0.000909. The minimum Gasteiger partial charge on any atom is -0.487 e. The Labute approximate surface area is 164 Å². The highest BCUT2D eigenvalue weighted by Gasteiger charge is 2.22. The van der Waals surface area contributed by atoms with Crippen molar-refractivity contribution in [3.63, 3.8) is 0 Å². The minimum absolute atomic E-state index is 0.0169. The number of nitrogens with zero attached hydrogens (tertiary/aromatic N) is 1. The van der Waals surface area contributed by atoms with Gasteiger partial charge >= 0.3 is 6.61 Å². The molecule has 9 heteroatoms. The second-order valence-corrected chi connectivity index (χ2v) is 6.02. The van der Waals surface area contributed by atoms with Crippen LogP contribution in [-0.2, 0) is 6.61 Å². The number of benzene rings is 2. The third kappa shape index (κ3) is 4.58. The number of carbonyl (C=O) groups is 1. The lowest BCUT2D eigenvalue weighted by Gasteiger charge is -2.11. The molecule has 1 heterocycles. The molecule has 3 aromatic rings. The molecule has 0 radical (unpaired) electrons. The average molecular weight is 409 g/mol. The van der Waals surface area contributed by atoms with Crippen molar-refractivity contribution in [3.8, 4) is 11.5 Å². The summed E-state index contributed by atoms with van der Waals surface area (Å²) in [4.78, 5) is 12.6. The van der Waals surface area contributed by atoms with Gasteiger partial charge in [0.1, 0.15) is 23.9 Å². The van der Waals surface area contributed by atoms with Crippen LogP contribution in [0.3, 0.4) is 0 Å². The van der Waals surface area contributed by atoms with Gasteiger partial charge in [-0.1, -0.05) is 41.0 Å². The van der Waals surface area contributed by atoms with Crippen molar-refractivity contribution < 1.29 is 27.6 Å². The summed E-state index contributed by atoms with van der Waals surface area (Å²) in [5, 5.41) is 6.66. The standard InChI is InChI=1S/C19H15ClF2N2O4/c1-11-12(10-26-15-8-4-2-6-13(15)20)17(24-28-11)18(25)23-14-7-3-5-9-16(14)27-19(21)22/h2-9,19H,10H2,1H3,(H,23,25). The van der Waals surface area contributed by atoms with Gasteiger partial charge in [-0.2, -0.15) is 8.78 Å². The molecule has 1 aromatic heterocycles. The highest BCUT2D eigenvalue weighted by Crippen LogP contribution is 2.28.